The molecular formula is C16H16ClN3O3. The number of carbonyl (C=O) groups excluding carboxylic acids is 1. The Kier molecular flexibility index (Phi) is 5.05. The van der Waals surface area contributed by atoms with Crippen LogP contribution in [0, 0.1) is 0 Å². The predicted molar refractivity (Wildman–Crippen MR) is 84.1 cm³/mol. The molecule has 1 aromatic heterocycles. The van der Waals surface area contributed by atoms with Crippen molar-refractivity contribution in [3.8, 4) is 5.75 Å². The summed E-state index contributed by atoms with van der Waals surface area (Å²) in [6.07, 6.45) is 1.52. The van der Waals surface area contributed by atoms with E-state index in [0.717, 1.165) is 11.1 Å². The average Bonchev–Trinajstić information content (AvgIpc) is 2.56. The lowest BCUT2D eigenvalue weighted by Crippen LogP contribution is -2.40. The summed E-state index contributed by atoms with van der Waals surface area (Å²) in [7, 11) is 0. The van der Waals surface area contributed by atoms with Gasteiger partial charge in [0.15, 0.2) is 5.15 Å². The van der Waals surface area contributed by atoms with Crippen molar-refractivity contribution < 1.29 is 14.3 Å². The van der Waals surface area contributed by atoms with Crippen molar-refractivity contribution in [2.24, 2.45) is 0 Å². The fraction of sp³-hybridized carbons (Fsp3) is 0.312. The smallest absolute Gasteiger partial charge is 0.248 e. The van der Waals surface area contributed by atoms with Crippen molar-refractivity contribution in [3.05, 3.63) is 52.8 Å². The van der Waals surface area contributed by atoms with Crippen molar-refractivity contribution in [2.45, 2.75) is 13.2 Å². The molecule has 1 amide bonds. The Morgan fingerprint density at radius 2 is 2.04 bits per heavy atom. The normalized spacial score (nSPS) is 14.8. The molecule has 1 saturated heterocycles. The number of rotatable bonds is 5. The van der Waals surface area contributed by atoms with Gasteiger partial charge in [-0.1, -0.05) is 35.9 Å². The van der Waals surface area contributed by atoms with Gasteiger partial charge >= 0.3 is 0 Å². The number of nitrogens with zero attached hydrogens (tertiary/aromatic N) is 3. The molecule has 23 heavy (non-hydrogen) atoms. The second-order valence-electron chi connectivity index (χ2n) is 5.19. The van der Waals surface area contributed by atoms with Gasteiger partial charge < -0.3 is 14.4 Å². The second kappa shape index (κ2) is 7.39. The molecule has 7 heteroatoms. The van der Waals surface area contributed by atoms with E-state index in [1.54, 1.807) is 11.0 Å². The zero-order valence-corrected chi connectivity index (χ0v) is 13.2. The van der Waals surface area contributed by atoms with Crippen LogP contribution in [0.15, 0.2) is 36.5 Å². The molecule has 0 atom stereocenters. The Hall–Kier alpha value is -2.18. The third-order valence-electron chi connectivity index (χ3n) is 3.49. The number of hydrogen-bond donors (Lipinski definition) is 0. The Morgan fingerprint density at radius 3 is 2.78 bits per heavy atom. The summed E-state index contributed by atoms with van der Waals surface area (Å²) in [6.45, 7) is 2.43. The molecule has 1 aromatic carbocycles. The van der Waals surface area contributed by atoms with Gasteiger partial charge in [-0.15, -0.1) is 5.10 Å². The van der Waals surface area contributed by atoms with E-state index >= 15 is 0 Å². The summed E-state index contributed by atoms with van der Waals surface area (Å²) in [4.78, 5) is 13.5. The van der Waals surface area contributed by atoms with Crippen LogP contribution in [-0.2, 0) is 22.7 Å². The van der Waals surface area contributed by atoms with Gasteiger partial charge in [0.1, 0.15) is 19.0 Å². The molecule has 2 heterocycles. The summed E-state index contributed by atoms with van der Waals surface area (Å²) in [6, 6.07) is 9.58. The molecule has 6 nitrogen and oxygen atoms in total. The molecule has 0 bridgehead atoms. The third kappa shape index (κ3) is 4.40. The minimum atomic E-state index is 0.0331. The first-order chi connectivity index (χ1) is 11.2. The minimum Gasteiger partial charge on any atom is -0.487 e. The molecule has 120 valence electrons. The van der Waals surface area contributed by atoms with E-state index in [1.165, 1.54) is 6.20 Å². The topological polar surface area (TPSA) is 64.5 Å². The first-order valence-corrected chi connectivity index (χ1v) is 7.63. The second-order valence-corrected chi connectivity index (χ2v) is 5.57. The number of aromatic nitrogens is 2. The highest BCUT2D eigenvalue weighted by atomic mass is 35.5. The number of morpholine rings is 1. The summed E-state index contributed by atoms with van der Waals surface area (Å²) in [5.74, 6) is 0.610. The van der Waals surface area contributed by atoms with Crippen LogP contribution in [0.4, 0.5) is 0 Å². The van der Waals surface area contributed by atoms with Gasteiger partial charge in [0.2, 0.25) is 5.91 Å². The first kappa shape index (κ1) is 15.7. The summed E-state index contributed by atoms with van der Waals surface area (Å²) < 4.78 is 10.7. The maximum absolute atomic E-state index is 11.7. The van der Waals surface area contributed by atoms with E-state index in [2.05, 4.69) is 10.2 Å². The fourth-order valence-corrected chi connectivity index (χ4v) is 2.40. The third-order valence-corrected chi connectivity index (χ3v) is 3.67. The number of halogens is 1. The van der Waals surface area contributed by atoms with Crippen LogP contribution in [0.25, 0.3) is 0 Å². The fourth-order valence-electron chi connectivity index (χ4n) is 2.25. The Balaban J connectivity index is 1.55. The highest BCUT2D eigenvalue weighted by Crippen LogP contribution is 2.15. The van der Waals surface area contributed by atoms with Crippen LogP contribution in [0.2, 0.25) is 5.15 Å². The van der Waals surface area contributed by atoms with Crippen LogP contribution in [0.1, 0.15) is 11.1 Å². The van der Waals surface area contributed by atoms with Crippen LogP contribution < -0.4 is 4.74 Å². The number of hydrogen-bond acceptors (Lipinski definition) is 5. The van der Waals surface area contributed by atoms with Crippen molar-refractivity contribution in [2.75, 3.05) is 19.8 Å². The molecule has 1 fully saturated rings. The molecule has 0 spiro atoms. The van der Waals surface area contributed by atoms with Crippen molar-refractivity contribution in [3.63, 3.8) is 0 Å². The van der Waals surface area contributed by atoms with Gasteiger partial charge in [-0.3, -0.25) is 4.79 Å². The van der Waals surface area contributed by atoms with E-state index < -0.39 is 0 Å². The number of benzene rings is 1. The lowest BCUT2D eigenvalue weighted by Gasteiger charge is -2.26. The molecule has 0 unspecified atom stereocenters. The quantitative estimate of drug-likeness (QED) is 0.838. The monoisotopic (exact) mass is 333 g/mol. The van der Waals surface area contributed by atoms with Gasteiger partial charge in [0.25, 0.3) is 0 Å². The van der Waals surface area contributed by atoms with Crippen molar-refractivity contribution in [1.29, 1.82) is 0 Å². The SMILES string of the molecule is O=C1COCCN1Cc1ccc(COc2cnnc(Cl)c2)cc1. The molecule has 0 radical (unpaired) electrons. The first-order valence-electron chi connectivity index (χ1n) is 7.25. The molecule has 1 aliphatic heterocycles. The van der Waals surface area contributed by atoms with Gasteiger partial charge in [-0.25, -0.2) is 0 Å². The summed E-state index contributed by atoms with van der Waals surface area (Å²) in [5.41, 5.74) is 2.10. The predicted octanol–water partition coefficient (Wildman–Crippen LogP) is 2.07. The van der Waals surface area contributed by atoms with Gasteiger partial charge in [0, 0.05) is 19.2 Å². The average molecular weight is 334 g/mol. The lowest BCUT2D eigenvalue weighted by atomic mass is 10.1. The van der Waals surface area contributed by atoms with Gasteiger partial charge in [0.05, 0.1) is 12.8 Å². The molecule has 0 aliphatic carbocycles. The van der Waals surface area contributed by atoms with Crippen LogP contribution in [0.5, 0.6) is 5.75 Å². The van der Waals surface area contributed by atoms with Crippen LogP contribution in [0.3, 0.4) is 0 Å². The van der Waals surface area contributed by atoms with Crippen molar-refractivity contribution >= 4 is 17.5 Å². The molecule has 0 saturated carbocycles. The number of ether oxygens (including phenoxy) is 2. The summed E-state index contributed by atoms with van der Waals surface area (Å²) >= 11 is 5.76. The van der Waals surface area contributed by atoms with Crippen molar-refractivity contribution in [1.82, 2.24) is 15.1 Å². The Morgan fingerprint density at radius 1 is 1.26 bits per heavy atom. The zero-order valence-electron chi connectivity index (χ0n) is 12.4. The molecule has 1 aliphatic rings. The largest absolute Gasteiger partial charge is 0.487 e. The maximum atomic E-state index is 11.7. The van der Waals surface area contributed by atoms with E-state index in [1.807, 2.05) is 24.3 Å². The van der Waals surface area contributed by atoms with E-state index in [-0.39, 0.29) is 12.5 Å². The number of amides is 1. The summed E-state index contributed by atoms with van der Waals surface area (Å²) in [5, 5.41) is 7.69. The Bertz CT molecular complexity index is 679. The lowest BCUT2D eigenvalue weighted by molar-refractivity contribution is -0.143. The maximum Gasteiger partial charge on any atom is 0.248 e. The Labute approximate surface area is 139 Å². The molecule has 0 N–H and O–H groups in total. The van der Waals surface area contributed by atoms with E-state index in [9.17, 15) is 4.79 Å². The molecular weight excluding hydrogens is 318 g/mol. The van der Waals surface area contributed by atoms with Gasteiger partial charge in [-0.2, -0.15) is 5.10 Å². The highest BCUT2D eigenvalue weighted by Gasteiger charge is 2.18. The van der Waals surface area contributed by atoms with E-state index in [0.29, 0.717) is 37.2 Å². The standard InChI is InChI=1S/C16H16ClN3O3/c17-15-7-14(8-18-19-15)23-10-13-3-1-12(2-4-13)9-20-5-6-22-11-16(20)21/h1-4,7-8H,5-6,9-11H2. The minimum absolute atomic E-state index is 0.0331. The highest BCUT2D eigenvalue weighted by molar-refractivity contribution is 6.29. The van der Waals surface area contributed by atoms with Crippen LogP contribution in [-0.4, -0.2) is 40.8 Å². The number of carbonyl (C=O) groups is 1. The van der Waals surface area contributed by atoms with Crippen LogP contribution >= 0.6 is 11.6 Å². The molecule has 3 rings (SSSR count). The molecule has 2 aromatic rings. The van der Waals surface area contributed by atoms with E-state index in [4.69, 9.17) is 21.1 Å². The van der Waals surface area contributed by atoms with Gasteiger partial charge in [-0.05, 0) is 11.1 Å². The zero-order chi connectivity index (χ0) is 16.1.